The van der Waals surface area contributed by atoms with Gasteiger partial charge in [-0.1, -0.05) is 43.3 Å². The number of hydrogen-bond acceptors (Lipinski definition) is 4. The van der Waals surface area contributed by atoms with Gasteiger partial charge in [0.05, 0.1) is 6.54 Å². The van der Waals surface area contributed by atoms with Crippen LogP contribution in [0.3, 0.4) is 0 Å². The number of hydrogen-bond donors (Lipinski definition) is 3. The number of nitrogens with one attached hydrogen (secondary N) is 2. The van der Waals surface area contributed by atoms with Crippen LogP contribution in [0.5, 0.6) is 0 Å². The molecule has 3 N–H and O–H groups in total. The number of carbonyl (C=O) groups is 1. The maximum Gasteiger partial charge on any atom is 0.331 e. The number of rotatable bonds is 9. The second kappa shape index (κ2) is 9.05. The van der Waals surface area contributed by atoms with E-state index in [4.69, 9.17) is 9.52 Å². The van der Waals surface area contributed by atoms with Crippen molar-refractivity contribution in [2.75, 3.05) is 13.1 Å². The van der Waals surface area contributed by atoms with E-state index >= 15 is 0 Å². The van der Waals surface area contributed by atoms with Crippen molar-refractivity contribution < 1.29 is 14.3 Å². The van der Waals surface area contributed by atoms with Crippen molar-refractivity contribution in [3.63, 3.8) is 0 Å². The molecule has 5 heteroatoms. The summed E-state index contributed by atoms with van der Waals surface area (Å²) >= 11 is 0. The number of carboxylic acid groups (broad SMARTS) is 1. The Morgan fingerprint density at radius 2 is 2.00 bits per heavy atom. The second-order valence-corrected chi connectivity index (χ2v) is 5.58. The van der Waals surface area contributed by atoms with Gasteiger partial charge in [-0.15, -0.1) is 0 Å². The molecule has 0 aliphatic rings. The van der Waals surface area contributed by atoms with Gasteiger partial charge in [-0.05, 0) is 25.6 Å². The van der Waals surface area contributed by atoms with Gasteiger partial charge in [0.15, 0.2) is 0 Å². The molecule has 0 spiro atoms. The molecule has 0 bridgehead atoms. The van der Waals surface area contributed by atoms with Crippen LogP contribution in [0, 0.1) is 0 Å². The lowest BCUT2D eigenvalue weighted by atomic mass is 10.2. The van der Waals surface area contributed by atoms with E-state index in [1.807, 2.05) is 49.4 Å². The average molecular weight is 328 g/mol. The zero-order valence-electron chi connectivity index (χ0n) is 14.1. The fraction of sp³-hybridized carbons (Fsp3) is 0.316. The van der Waals surface area contributed by atoms with Crippen LogP contribution >= 0.6 is 0 Å². The van der Waals surface area contributed by atoms with Crippen LogP contribution < -0.4 is 10.6 Å². The summed E-state index contributed by atoms with van der Waals surface area (Å²) in [6.45, 7) is 5.59. The Kier molecular flexibility index (Phi) is 6.78. The minimum atomic E-state index is -0.892. The van der Waals surface area contributed by atoms with E-state index in [0.29, 0.717) is 18.7 Å². The molecule has 1 atom stereocenters. The number of aliphatic carboxylic acids is 1. The van der Waals surface area contributed by atoms with E-state index < -0.39 is 5.97 Å². The predicted molar refractivity (Wildman–Crippen MR) is 94.7 cm³/mol. The molecule has 1 aromatic heterocycles. The quantitative estimate of drug-likeness (QED) is 0.617. The van der Waals surface area contributed by atoms with Gasteiger partial charge in [-0.3, -0.25) is 0 Å². The lowest BCUT2D eigenvalue weighted by molar-refractivity contribution is -0.132. The van der Waals surface area contributed by atoms with E-state index in [9.17, 15) is 4.79 Å². The molecule has 0 saturated carbocycles. The number of furan rings is 1. The van der Waals surface area contributed by atoms with E-state index in [0.717, 1.165) is 23.6 Å². The van der Waals surface area contributed by atoms with Gasteiger partial charge in [0.25, 0.3) is 0 Å². The van der Waals surface area contributed by atoms with Crippen LogP contribution in [0.2, 0.25) is 0 Å². The van der Waals surface area contributed by atoms with Gasteiger partial charge in [-0.2, -0.15) is 0 Å². The smallest absolute Gasteiger partial charge is 0.331 e. The normalized spacial score (nSPS) is 13.0. The summed E-state index contributed by atoms with van der Waals surface area (Å²) < 4.78 is 5.84. The molecule has 0 aliphatic carbocycles. The van der Waals surface area contributed by atoms with Gasteiger partial charge >= 0.3 is 5.97 Å². The van der Waals surface area contributed by atoms with Crippen LogP contribution in [0.25, 0.3) is 11.3 Å². The second-order valence-electron chi connectivity index (χ2n) is 5.58. The summed E-state index contributed by atoms with van der Waals surface area (Å²) in [5.74, 6) is 0.803. The van der Waals surface area contributed by atoms with Crippen molar-refractivity contribution in [2.24, 2.45) is 0 Å². The summed E-state index contributed by atoms with van der Waals surface area (Å²) in [5.41, 5.74) is 1.39. The molecule has 0 aliphatic heterocycles. The lowest BCUT2D eigenvalue weighted by Gasteiger charge is -2.15. The summed E-state index contributed by atoms with van der Waals surface area (Å²) in [7, 11) is 0. The fourth-order valence-electron chi connectivity index (χ4n) is 2.41. The highest BCUT2D eigenvalue weighted by molar-refractivity contribution is 5.85. The summed E-state index contributed by atoms with van der Waals surface area (Å²) in [4.78, 5) is 10.9. The van der Waals surface area contributed by atoms with E-state index in [1.165, 1.54) is 0 Å². The molecule has 0 fully saturated rings. The summed E-state index contributed by atoms with van der Waals surface area (Å²) in [6.07, 6.45) is 1.73. The van der Waals surface area contributed by atoms with Crippen molar-refractivity contribution in [1.82, 2.24) is 10.6 Å². The first-order valence-corrected chi connectivity index (χ1v) is 8.10. The van der Waals surface area contributed by atoms with Crippen molar-refractivity contribution >= 4 is 5.97 Å². The Morgan fingerprint density at radius 1 is 1.25 bits per heavy atom. The Labute approximate surface area is 142 Å². The van der Waals surface area contributed by atoms with E-state index in [1.54, 1.807) is 13.0 Å². The third-order valence-corrected chi connectivity index (χ3v) is 3.64. The molecule has 0 amide bonds. The first-order chi connectivity index (χ1) is 11.6. The first kappa shape index (κ1) is 18.0. The molecule has 24 heavy (non-hydrogen) atoms. The minimum Gasteiger partial charge on any atom is -0.478 e. The van der Waals surface area contributed by atoms with Crippen LogP contribution in [-0.2, 0) is 11.3 Å². The Hall–Kier alpha value is -2.37. The highest BCUT2D eigenvalue weighted by atomic mass is 16.4. The first-order valence-electron chi connectivity index (χ1n) is 8.10. The lowest BCUT2D eigenvalue weighted by Crippen LogP contribution is -2.37. The van der Waals surface area contributed by atoms with Crippen molar-refractivity contribution in [1.29, 1.82) is 0 Å². The van der Waals surface area contributed by atoms with Crippen molar-refractivity contribution in [2.45, 2.75) is 26.4 Å². The predicted octanol–water partition coefficient (Wildman–Crippen LogP) is 3.05. The standard InChI is InChI=1S/C19H24N2O3/c1-3-21-16(11-14(2)19(22)23)12-20-13-17-9-10-18(24-17)15-7-5-4-6-8-15/h4-11,16,20-21H,3,12-13H2,1-2H3,(H,22,23)/b14-11+. The van der Waals surface area contributed by atoms with Crippen molar-refractivity contribution in [3.8, 4) is 11.3 Å². The highest BCUT2D eigenvalue weighted by Gasteiger charge is 2.09. The van der Waals surface area contributed by atoms with Gasteiger partial charge in [0.2, 0.25) is 0 Å². The van der Waals surface area contributed by atoms with Gasteiger partial charge in [0, 0.05) is 23.7 Å². The zero-order valence-corrected chi connectivity index (χ0v) is 14.1. The average Bonchev–Trinajstić information content (AvgIpc) is 3.04. The van der Waals surface area contributed by atoms with Crippen LogP contribution in [-0.4, -0.2) is 30.2 Å². The molecule has 1 heterocycles. The van der Waals surface area contributed by atoms with Crippen molar-refractivity contribution in [3.05, 3.63) is 59.9 Å². The molecule has 1 aromatic carbocycles. The molecule has 1 unspecified atom stereocenters. The van der Waals surface area contributed by atoms with Crippen LogP contribution in [0.4, 0.5) is 0 Å². The third kappa shape index (κ3) is 5.37. The molecule has 2 rings (SSSR count). The molecule has 5 nitrogen and oxygen atoms in total. The zero-order chi connectivity index (χ0) is 17.4. The number of carboxylic acids is 1. The summed E-state index contributed by atoms with van der Waals surface area (Å²) in [5, 5.41) is 15.5. The SMILES string of the molecule is CCNC(/C=C(\C)C(=O)O)CNCc1ccc(-c2ccccc2)o1. The van der Waals surface area contributed by atoms with E-state index in [2.05, 4.69) is 10.6 Å². The Balaban J connectivity index is 1.89. The van der Waals surface area contributed by atoms with Gasteiger partial charge < -0.3 is 20.2 Å². The Morgan fingerprint density at radius 3 is 2.67 bits per heavy atom. The molecule has 0 saturated heterocycles. The van der Waals surface area contributed by atoms with Gasteiger partial charge in [0.1, 0.15) is 11.5 Å². The van der Waals surface area contributed by atoms with Gasteiger partial charge in [-0.25, -0.2) is 4.79 Å². The number of benzene rings is 1. The van der Waals surface area contributed by atoms with Crippen LogP contribution in [0.15, 0.2) is 58.5 Å². The minimum absolute atomic E-state index is 0.0327. The van der Waals surface area contributed by atoms with E-state index in [-0.39, 0.29) is 6.04 Å². The number of likely N-dealkylation sites (N-methyl/N-ethyl adjacent to an activating group) is 1. The molecule has 0 radical (unpaired) electrons. The largest absolute Gasteiger partial charge is 0.478 e. The Bertz CT molecular complexity index is 677. The molecular formula is C19H24N2O3. The molecule has 128 valence electrons. The third-order valence-electron chi connectivity index (χ3n) is 3.64. The fourth-order valence-corrected chi connectivity index (χ4v) is 2.41. The maximum atomic E-state index is 10.9. The monoisotopic (exact) mass is 328 g/mol. The summed E-state index contributed by atoms with van der Waals surface area (Å²) in [6, 6.07) is 13.8. The molecule has 2 aromatic rings. The molecular weight excluding hydrogens is 304 g/mol. The highest BCUT2D eigenvalue weighted by Crippen LogP contribution is 2.21. The van der Waals surface area contributed by atoms with Crippen LogP contribution in [0.1, 0.15) is 19.6 Å². The topological polar surface area (TPSA) is 74.5 Å². The maximum absolute atomic E-state index is 10.9.